The molecule has 1 saturated heterocycles. The molecule has 1 fully saturated rings. The van der Waals surface area contributed by atoms with Crippen LogP contribution in [0, 0.1) is 13.8 Å². The predicted octanol–water partition coefficient (Wildman–Crippen LogP) is -2.42. The summed E-state index contributed by atoms with van der Waals surface area (Å²) in [7, 11) is 0. The molecule has 3 heterocycles. The number of carboxylic acid groups (broad SMARTS) is 1. The van der Waals surface area contributed by atoms with Gasteiger partial charge in [-0.25, -0.2) is 0 Å². The second-order valence-electron chi connectivity index (χ2n) is 7.46. The van der Waals surface area contributed by atoms with E-state index in [1.807, 2.05) is 36.6 Å². The molecule has 1 aromatic carbocycles. The molecule has 30 heavy (non-hydrogen) atoms. The summed E-state index contributed by atoms with van der Waals surface area (Å²) in [4.78, 5) is 26.0. The Labute approximate surface area is 217 Å². The Balaban J connectivity index is 0.00000256. The van der Waals surface area contributed by atoms with E-state index in [1.165, 1.54) is 4.90 Å². The van der Waals surface area contributed by atoms with Crippen LogP contribution in [0.1, 0.15) is 34.6 Å². The number of piperidine rings is 1. The van der Waals surface area contributed by atoms with Crippen molar-refractivity contribution >= 4 is 11.9 Å². The number of rotatable bonds is 3. The fraction of sp³-hybridized carbons (Fsp3) is 0.429. The summed E-state index contributed by atoms with van der Waals surface area (Å²) >= 11 is 0. The monoisotopic (exact) mass is 438 g/mol. The zero-order valence-corrected chi connectivity index (χ0v) is 20.5. The van der Waals surface area contributed by atoms with Crippen molar-refractivity contribution in [2.45, 2.75) is 38.8 Å². The number of carbonyl (C=O) groups is 2. The average molecular weight is 439 g/mol. The second kappa shape index (κ2) is 9.41. The van der Waals surface area contributed by atoms with E-state index in [9.17, 15) is 19.8 Å². The van der Waals surface area contributed by atoms with E-state index < -0.39 is 18.1 Å². The van der Waals surface area contributed by atoms with Gasteiger partial charge < -0.3 is 33.9 Å². The minimum Gasteiger partial charge on any atom is -0.548 e. The number of carboxylic acids is 1. The molecule has 0 unspecified atom stereocenters. The van der Waals surface area contributed by atoms with E-state index in [0.29, 0.717) is 42.4 Å². The molecule has 0 radical (unpaired) electrons. The maximum atomic E-state index is 13.2. The summed E-state index contributed by atoms with van der Waals surface area (Å²) in [5.74, 6) is -0.390. The van der Waals surface area contributed by atoms with E-state index in [4.69, 9.17) is 9.47 Å². The van der Waals surface area contributed by atoms with E-state index in [-0.39, 0.29) is 70.3 Å². The topological polar surface area (TPSA) is 104 Å². The number of carbonyl (C=O) groups excluding carboxylic acids is 2. The fourth-order valence-electron chi connectivity index (χ4n) is 4.12. The SMILES string of the molecule is Cc1cc(C(=O)N2CC[C@@H](O)C[C@@H]2C(=O)[O-])c(C)n1-c1ccc2c(c1)OCCO2.[K+]. The van der Waals surface area contributed by atoms with Gasteiger partial charge in [0.1, 0.15) is 13.2 Å². The molecule has 2 atom stereocenters. The van der Waals surface area contributed by atoms with Gasteiger partial charge in [0.25, 0.3) is 5.91 Å². The van der Waals surface area contributed by atoms with Gasteiger partial charge in [0.15, 0.2) is 11.5 Å². The van der Waals surface area contributed by atoms with Gasteiger partial charge in [0.2, 0.25) is 0 Å². The number of likely N-dealkylation sites (tertiary alicyclic amines) is 1. The van der Waals surface area contributed by atoms with Crippen molar-refractivity contribution in [2.24, 2.45) is 0 Å². The number of amides is 1. The smallest absolute Gasteiger partial charge is 0.548 e. The first-order chi connectivity index (χ1) is 13.9. The van der Waals surface area contributed by atoms with E-state index in [2.05, 4.69) is 0 Å². The predicted molar refractivity (Wildman–Crippen MR) is 101 cm³/mol. The van der Waals surface area contributed by atoms with Crippen molar-refractivity contribution in [1.29, 1.82) is 0 Å². The van der Waals surface area contributed by atoms with Crippen molar-refractivity contribution in [3.05, 3.63) is 41.2 Å². The number of hydrogen-bond donors (Lipinski definition) is 1. The van der Waals surface area contributed by atoms with Gasteiger partial charge >= 0.3 is 51.4 Å². The number of benzene rings is 1. The van der Waals surface area contributed by atoms with E-state index >= 15 is 0 Å². The van der Waals surface area contributed by atoms with Crippen LogP contribution < -0.4 is 66.0 Å². The number of aromatic nitrogens is 1. The van der Waals surface area contributed by atoms with Crippen LogP contribution in [0.25, 0.3) is 5.69 Å². The molecule has 2 aromatic rings. The maximum absolute atomic E-state index is 13.2. The van der Waals surface area contributed by atoms with Gasteiger partial charge in [-0.15, -0.1) is 0 Å². The molecule has 0 aliphatic carbocycles. The van der Waals surface area contributed by atoms with E-state index in [0.717, 1.165) is 11.4 Å². The summed E-state index contributed by atoms with van der Waals surface area (Å²) in [6, 6.07) is 6.21. The number of aryl methyl sites for hydroxylation is 1. The van der Waals surface area contributed by atoms with Crippen molar-refractivity contribution in [3.8, 4) is 17.2 Å². The summed E-state index contributed by atoms with van der Waals surface area (Å²) in [5.41, 5.74) is 2.80. The van der Waals surface area contributed by atoms with Crippen LogP contribution in [0.5, 0.6) is 11.5 Å². The van der Waals surface area contributed by atoms with Crippen LogP contribution in [0.3, 0.4) is 0 Å². The number of aliphatic hydroxyl groups is 1. The largest absolute Gasteiger partial charge is 1.00 e. The van der Waals surface area contributed by atoms with Crippen LogP contribution in [0.4, 0.5) is 0 Å². The number of ether oxygens (including phenoxy) is 2. The van der Waals surface area contributed by atoms with Crippen molar-refractivity contribution in [1.82, 2.24) is 9.47 Å². The Morgan fingerprint density at radius 2 is 1.83 bits per heavy atom. The first-order valence-corrected chi connectivity index (χ1v) is 9.65. The molecule has 2 aliphatic heterocycles. The summed E-state index contributed by atoms with van der Waals surface area (Å²) in [5, 5.41) is 21.3. The molecule has 1 amide bonds. The zero-order valence-electron chi connectivity index (χ0n) is 17.4. The number of nitrogens with zero attached hydrogens (tertiary/aromatic N) is 2. The second-order valence-corrected chi connectivity index (χ2v) is 7.46. The number of aliphatic hydroxyl groups excluding tert-OH is 1. The molecule has 8 nitrogen and oxygen atoms in total. The zero-order chi connectivity index (χ0) is 20.7. The minimum atomic E-state index is -1.35. The minimum absolute atomic E-state index is 0. The quantitative estimate of drug-likeness (QED) is 0.535. The van der Waals surface area contributed by atoms with Crippen LogP contribution in [-0.2, 0) is 4.79 Å². The summed E-state index contributed by atoms with van der Waals surface area (Å²) in [6.07, 6.45) is -0.419. The third kappa shape index (κ3) is 4.32. The summed E-state index contributed by atoms with van der Waals surface area (Å²) in [6.45, 7) is 4.87. The fourth-order valence-corrected chi connectivity index (χ4v) is 4.12. The van der Waals surface area contributed by atoms with Gasteiger partial charge in [-0.05, 0) is 44.9 Å². The average Bonchev–Trinajstić information content (AvgIpc) is 3.01. The molecule has 0 saturated carbocycles. The number of hydrogen-bond acceptors (Lipinski definition) is 6. The molecule has 1 aromatic heterocycles. The Kier molecular flexibility index (Phi) is 7.31. The van der Waals surface area contributed by atoms with Crippen LogP contribution in [0.2, 0.25) is 0 Å². The molecule has 0 spiro atoms. The van der Waals surface area contributed by atoms with Crippen molar-refractivity contribution in [2.75, 3.05) is 19.8 Å². The molecular weight excluding hydrogens is 415 g/mol. The van der Waals surface area contributed by atoms with Crippen LogP contribution in [0.15, 0.2) is 24.3 Å². The first-order valence-electron chi connectivity index (χ1n) is 9.65. The standard InChI is InChI=1S/C21H24N2O6.K/c1-12-9-16(20(25)22-6-5-15(24)11-17(22)21(26)27)13(2)23(12)14-3-4-18-19(10-14)29-8-7-28-18;/h3-4,9-10,15,17,24H,5-8,11H2,1-2H3,(H,26,27);/q;+1/p-1/t15-,17-;/m1./s1. The number of fused-ring (bicyclic) bond motifs is 1. The van der Waals surface area contributed by atoms with Crippen LogP contribution in [-0.4, -0.2) is 58.4 Å². The Morgan fingerprint density at radius 3 is 2.53 bits per heavy atom. The van der Waals surface area contributed by atoms with Crippen LogP contribution >= 0.6 is 0 Å². The molecule has 154 valence electrons. The molecule has 0 bridgehead atoms. The molecular formula is C21H23KN2O6. The molecule has 4 rings (SSSR count). The third-order valence-electron chi connectivity index (χ3n) is 5.55. The molecule has 1 N–H and O–H groups in total. The van der Waals surface area contributed by atoms with Crippen molar-refractivity contribution in [3.63, 3.8) is 0 Å². The number of aliphatic carboxylic acids is 1. The van der Waals surface area contributed by atoms with Gasteiger partial charge in [-0.3, -0.25) is 4.79 Å². The molecule has 2 aliphatic rings. The van der Waals surface area contributed by atoms with Crippen molar-refractivity contribution < 1.29 is 80.7 Å². The Bertz CT molecular complexity index is 973. The van der Waals surface area contributed by atoms with Gasteiger partial charge in [-0.2, -0.15) is 0 Å². The first kappa shape index (κ1) is 23.3. The Hall–Kier alpha value is -1.36. The normalized spacial score (nSPS) is 20.4. The summed E-state index contributed by atoms with van der Waals surface area (Å²) < 4.78 is 13.1. The van der Waals surface area contributed by atoms with Gasteiger partial charge in [-0.1, -0.05) is 0 Å². The van der Waals surface area contributed by atoms with E-state index in [1.54, 1.807) is 6.07 Å². The molecule has 9 heteroatoms. The van der Waals surface area contributed by atoms with Gasteiger partial charge in [0, 0.05) is 29.7 Å². The van der Waals surface area contributed by atoms with Gasteiger partial charge in [0.05, 0.1) is 23.7 Å². The maximum Gasteiger partial charge on any atom is 1.00 e. The third-order valence-corrected chi connectivity index (χ3v) is 5.55. The Morgan fingerprint density at radius 1 is 1.13 bits per heavy atom.